The molecule has 0 radical (unpaired) electrons. The minimum atomic E-state index is -0.921. The molecule has 38 heavy (non-hydrogen) atoms. The normalized spacial score (nSPS) is 23.2. The summed E-state index contributed by atoms with van der Waals surface area (Å²) in [6.45, 7) is 1.23. The van der Waals surface area contributed by atoms with Crippen molar-refractivity contribution in [3.8, 4) is 5.69 Å². The molecule has 2 aliphatic carbocycles. The van der Waals surface area contributed by atoms with Gasteiger partial charge in [0.1, 0.15) is 0 Å². The van der Waals surface area contributed by atoms with Crippen molar-refractivity contribution >= 4 is 50.3 Å². The molecular formula is C29H28BrF2N3O3. The van der Waals surface area contributed by atoms with E-state index in [9.17, 15) is 13.6 Å². The third-order valence-electron chi connectivity index (χ3n) is 8.41. The molecule has 1 saturated carbocycles. The molecule has 2 aromatic carbocycles. The molecule has 9 heteroatoms. The largest absolute Gasteiger partial charge is 0.469 e. The average Bonchev–Trinajstić information content (AvgIpc) is 3.21. The summed E-state index contributed by atoms with van der Waals surface area (Å²) in [5, 5.41) is 8.82. The number of benzene rings is 2. The SMILES string of the molecule is COC(=O)C1CC2(C=C(c3c(C4CCOCC4)n(-c4ccc(F)c(F)c4)c4cc(C=N)c(N)c(Br)c34)C2)C1. The number of fused-ring (bicyclic) bond motifs is 1. The molecule has 1 aromatic heterocycles. The Morgan fingerprint density at radius 1 is 1.24 bits per heavy atom. The Balaban J connectivity index is 1.60. The number of nitrogen functional groups attached to an aromatic ring is 1. The van der Waals surface area contributed by atoms with Crippen LogP contribution in [0.1, 0.15) is 54.8 Å². The fourth-order valence-corrected chi connectivity index (χ4v) is 7.19. The first-order valence-corrected chi connectivity index (χ1v) is 13.6. The van der Waals surface area contributed by atoms with Crippen molar-refractivity contribution in [1.29, 1.82) is 5.41 Å². The molecule has 1 aliphatic heterocycles. The van der Waals surface area contributed by atoms with Crippen LogP contribution in [0.4, 0.5) is 14.5 Å². The molecule has 3 aromatic rings. The Morgan fingerprint density at radius 2 is 1.95 bits per heavy atom. The number of ether oxygens (including phenoxy) is 2. The van der Waals surface area contributed by atoms with Gasteiger partial charge in [0, 0.05) is 59.3 Å². The summed E-state index contributed by atoms with van der Waals surface area (Å²) in [6, 6.07) is 5.80. The lowest BCUT2D eigenvalue weighted by atomic mass is 9.52. The van der Waals surface area contributed by atoms with E-state index in [0.29, 0.717) is 34.6 Å². The summed E-state index contributed by atoms with van der Waals surface area (Å²) in [6.07, 6.45) is 7.40. The van der Waals surface area contributed by atoms with Gasteiger partial charge in [0.25, 0.3) is 0 Å². The number of allylic oxidation sites excluding steroid dienone is 2. The van der Waals surface area contributed by atoms with Crippen molar-refractivity contribution < 1.29 is 23.0 Å². The number of nitrogens with two attached hydrogens (primary N) is 1. The molecule has 6 rings (SSSR count). The molecule has 0 atom stereocenters. The summed E-state index contributed by atoms with van der Waals surface area (Å²) >= 11 is 3.72. The lowest BCUT2D eigenvalue weighted by Gasteiger charge is -2.51. The first kappa shape index (κ1) is 25.2. The van der Waals surface area contributed by atoms with Gasteiger partial charge in [-0.05, 0) is 77.2 Å². The van der Waals surface area contributed by atoms with Crippen molar-refractivity contribution in [1.82, 2.24) is 4.57 Å². The summed E-state index contributed by atoms with van der Waals surface area (Å²) in [7, 11) is 1.42. The van der Waals surface area contributed by atoms with Gasteiger partial charge in [-0.3, -0.25) is 4.79 Å². The number of esters is 1. The van der Waals surface area contributed by atoms with E-state index in [0.717, 1.165) is 65.9 Å². The van der Waals surface area contributed by atoms with Crippen molar-refractivity contribution in [3.05, 3.63) is 63.3 Å². The van der Waals surface area contributed by atoms with E-state index in [1.165, 1.54) is 19.4 Å². The molecular weight excluding hydrogens is 556 g/mol. The molecule has 0 amide bonds. The summed E-state index contributed by atoms with van der Waals surface area (Å²) < 4.78 is 41.8. The fourth-order valence-electron chi connectivity index (χ4n) is 6.56. The highest BCUT2D eigenvalue weighted by molar-refractivity contribution is 9.10. The third-order valence-corrected chi connectivity index (χ3v) is 9.24. The van der Waals surface area contributed by atoms with E-state index in [4.69, 9.17) is 20.6 Å². The molecule has 6 nitrogen and oxygen atoms in total. The van der Waals surface area contributed by atoms with Crippen molar-refractivity contribution in [3.63, 3.8) is 0 Å². The van der Waals surface area contributed by atoms with Crippen LogP contribution in [0, 0.1) is 28.4 Å². The molecule has 1 saturated heterocycles. The first-order valence-electron chi connectivity index (χ1n) is 12.8. The van der Waals surface area contributed by atoms with E-state index in [1.54, 1.807) is 6.07 Å². The highest BCUT2D eigenvalue weighted by atomic mass is 79.9. The summed E-state index contributed by atoms with van der Waals surface area (Å²) in [5.74, 6) is -1.94. The van der Waals surface area contributed by atoms with Crippen LogP contribution >= 0.6 is 15.9 Å². The topological polar surface area (TPSA) is 90.3 Å². The fraction of sp³-hybridized carbons (Fsp3) is 0.379. The second kappa shape index (κ2) is 9.31. The Morgan fingerprint density at radius 3 is 2.58 bits per heavy atom. The number of carbonyl (C=O) groups is 1. The molecule has 3 N–H and O–H groups in total. The third kappa shape index (κ3) is 3.81. The number of carbonyl (C=O) groups excluding carboxylic acids is 1. The van der Waals surface area contributed by atoms with Gasteiger partial charge in [0.15, 0.2) is 11.6 Å². The van der Waals surface area contributed by atoms with Gasteiger partial charge in [-0.2, -0.15) is 0 Å². The summed E-state index contributed by atoms with van der Waals surface area (Å²) in [5.41, 5.74) is 11.9. The van der Waals surface area contributed by atoms with E-state index in [2.05, 4.69) is 22.0 Å². The van der Waals surface area contributed by atoms with Gasteiger partial charge in [-0.25, -0.2) is 8.78 Å². The highest BCUT2D eigenvalue weighted by Gasteiger charge is 2.52. The standard InChI is InChI=1S/C29H28BrF2N3O3/c1-37-28(36)18-12-29(13-18)10-17(11-29)23-24-22(8-16(14-33)26(34)25(24)30)35(19-2-3-20(31)21(32)9-19)27(23)15-4-6-38-7-5-15/h2-3,8-10,14-15,18,33H,4-7,11-13,34H2,1H3. The number of hydrogen-bond acceptors (Lipinski definition) is 5. The molecule has 2 heterocycles. The zero-order valence-corrected chi connectivity index (χ0v) is 22.5. The van der Waals surface area contributed by atoms with Gasteiger partial charge in [0.05, 0.1) is 28.7 Å². The van der Waals surface area contributed by atoms with Crippen molar-refractivity contribution in [2.24, 2.45) is 11.3 Å². The predicted molar refractivity (Wildman–Crippen MR) is 146 cm³/mol. The molecule has 2 fully saturated rings. The molecule has 0 bridgehead atoms. The number of nitrogens with zero attached hydrogens (tertiary/aromatic N) is 1. The van der Waals surface area contributed by atoms with E-state index < -0.39 is 11.6 Å². The maximum atomic E-state index is 14.5. The maximum absolute atomic E-state index is 14.5. The Bertz CT molecular complexity index is 1520. The lowest BCUT2D eigenvalue weighted by Crippen LogP contribution is -2.44. The van der Waals surface area contributed by atoms with Crippen LogP contribution in [-0.4, -0.2) is 37.1 Å². The van der Waals surface area contributed by atoms with Gasteiger partial charge in [-0.15, -0.1) is 0 Å². The van der Waals surface area contributed by atoms with Crippen LogP contribution in [0.25, 0.3) is 22.2 Å². The number of hydrogen-bond donors (Lipinski definition) is 2. The van der Waals surface area contributed by atoms with Crippen LogP contribution in [0.5, 0.6) is 0 Å². The first-order chi connectivity index (χ1) is 18.3. The second-order valence-electron chi connectivity index (χ2n) is 10.6. The van der Waals surface area contributed by atoms with Gasteiger partial charge in [0.2, 0.25) is 0 Å². The number of methoxy groups -OCH3 is 1. The smallest absolute Gasteiger partial charge is 0.308 e. The minimum Gasteiger partial charge on any atom is -0.469 e. The zero-order valence-electron chi connectivity index (χ0n) is 21.0. The maximum Gasteiger partial charge on any atom is 0.308 e. The van der Waals surface area contributed by atoms with Crippen LogP contribution < -0.4 is 5.73 Å². The van der Waals surface area contributed by atoms with Gasteiger partial charge < -0.3 is 25.2 Å². The Labute approximate surface area is 227 Å². The number of rotatable bonds is 5. The number of nitrogens with one attached hydrogen (secondary N) is 1. The minimum absolute atomic E-state index is 0.0234. The van der Waals surface area contributed by atoms with Gasteiger partial charge >= 0.3 is 5.97 Å². The number of aromatic nitrogens is 1. The number of halogens is 3. The quantitative estimate of drug-likeness (QED) is 0.204. The van der Waals surface area contributed by atoms with Crippen LogP contribution in [-0.2, 0) is 14.3 Å². The second-order valence-corrected chi connectivity index (χ2v) is 11.4. The van der Waals surface area contributed by atoms with E-state index in [1.807, 2.05) is 10.6 Å². The Hall–Kier alpha value is -3.04. The Kier molecular flexibility index (Phi) is 6.18. The average molecular weight is 584 g/mol. The van der Waals surface area contributed by atoms with Crippen LogP contribution in [0.3, 0.4) is 0 Å². The van der Waals surface area contributed by atoms with Gasteiger partial charge in [-0.1, -0.05) is 6.08 Å². The lowest BCUT2D eigenvalue weighted by molar-refractivity contribution is -0.152. The van der Waals surface area contributed by atoms with Crippen molar-refractivity contribution in [2.45, 2.75) is 38.0 Å². The molecule has 3 aliphatic rings. The van der Waals surface area contributed by atoms with Crippen molar-refractivity contribution in [2.75, 3.05) is 26.1 Å². The number of anilines is 1. The molecule has 1 spiro atoms. The van der Waals surface area contributed by atoms with E-state index >= 15 is 0 Å². The monoisotopic (exact) mass is 583 g/mol. The summed E-state index contributed by atoms with van der Waals surface area (Å²) in [4.78, 5) is 12.0. The molecule has 198 valence electrons. The molecule has 0 unspecified atom stereocenters. The highest BCUT2D eigenvalue weighted by Crippen LogP contribution is 2.61. The van der Waals surface area contributed by atoms with Crippen LogP contribution in [0.15, 0.2) is 34.8 Å². The van der Waals surface area contributed by atoms with E-state index in [-0.39, 0.29) is 23.2 Å². The predicted octanol–water partition coefficient (Wildman–Crippen LogP) is 6.50. The zero-order chi connectivity index (χ0) is 26.8. The van der Waals surface area contributed by atoms with Crippen LogP contribution in [0.2, 0.25) is 0 Å².